The SMILES string of the molecule is C=CCN(C)S(=O)(=O)c1cc(N)c(Br)cc1F. The lowest BCUT2D eigenvalue weighted by Gasteiger charge is -2.16. The van der Waals surface area contributed by atoms with Crippen molar-refractivity contribution in [1.82, 2.24) is 4.31 Å². The van der Waals surface area contributed by atoms with Gasteiger partial charge in [-0.05, 0) is 28.1 Å². The number of hydrogen-bond donors (Lipinski definition) is 1. The maximum absolute atomic E-state index is 13.6. The summed E-state index contributed by atoms with van der Waals surface area (Å²) < 4.78 is 38.9. The molecule has 0 saturated heterocycles. The largest absolute Gasteiger partial charge is 0.398 e. The van der Waals surface area contributed by atoms with Gasteiger partial charge in [0.05, 0.1) is 0 Å². The molecule has 0 spiro atoms. The molecule has 4 nitrogen and oxygen atoms in total. The van der Waals surface area contributed by atoms with Crippen LogP contribution < -0.4 is 5.73 Å². The van der Waals surface area contributed by atoms with Crippen LogP contribution in [-0.4, -0.2) is 26.3 Å². The van der Waals surface area contributed by atoms with Gasteiger partial charge in [-0.15, -0.1) is 6.58 Å². The number of nitrogens with zero attached hydrogens (tertiary/aromatic N) is 1. The van der Waals surface area contributed by atoms with Gasteiger partial charge in [0.15, 0.2) is 0 Å². The van der Waals surface area contributed by atoms with Gasteiger partial charge in [0.25, 0.3) is 0 Å². The summed E-state index contributed by atoms with van der Waals surface area (Å²) >= 11 is 3.03. The first-order chi connectivity index (χ1) is 7.80. The van der Waals surface area contributed by atoms with E-state index in [9.17, 15) is 12.8 Å². The molecule has 0 aliphatic carbocycles. The molecule has 1 rings (SSSR count). The van der Waals surface area contributed by atoms with Crippen molar-refractivity contribution in [1.29, 1.82) is 0 Å². The van der Waals surface area contributed by atoms with Crippen LogP contribution in [0.4, 0.5) is 10.1 Å². The van der Waals surface area contributed by atoms with Gasteiger partial charge in [-0.25, -0.2) is 12.8 Å². The van der Waals surface area contributed by atoms with E-state index in [0.717, 1.165) is 16.4 Å². The second kappa shape index (κ2) is 5.16. The molecule has 0 aliphatic heterocycles. The Bertz CT molecular complexity index is 545. The van der Waals surface area contributed by atoms with E-state index in [1.165, 1.54) is 13.1 Å². The molecule has 0 amide bonds. The van der Waals surface area contributed by atoms with Crippen LogP contribution in [0.5, 0.6) is 0 Å². The zero-order chi connectivity index (χ0) is 13.2. The maximum Gasteiger partial charge on any atom is 0.246 e. The molecule has 0 bridgehead atoms. The van der Waals surface area contributed by atoms with Crippen LogP contribution in [0, 0.1) is 5.82 Å². The Kier molecular flexibility index (Phi) is 4.29. The van der Waals surface area contributed by atoms with Crippen LogP contribution in [0.3, 0.4) is 0 Å². The highest BCUT2D eigenvalue weighted by atomic mass is 79.9. The lowest BCUT2D eigenvalue weighted by Crippen LogP contribution is -2.27. The van der Waals surface area contributed by atoms with Crippen LogP contribution >= 0.6 is 15.9 Å². The minimum atomic E-state index is -3.88. The summed E-state index contributed by atoms with van der Waals surface area (Å²) in [4.78, 5) is -0.442. The zero-order valence-corrected chi connectivity index (χ0v) is 11.6. The first kappa shape index (κ1) is 14.1. The third-order valence-electron chi connectivity index (χ3n) is 2.13. The number of anilines is 1. The van der Waals surface area contributed by atoms with E-state index in [2.05, 4.69) is 22.5 Å². The Morgan fingerprint density at radius 3 is 2.71 bits per heavy atom. The van der Waals surface area contributed by atoms with Crippen molar-refractivity contribution in [2.75, 3.05) is 19.3 Å². The molecule has 0 heterocycles. The van der Waals surface area contributed by atoms with Crippen molar-refractivity contribution in [3.63, 3.8) is 0 Å². The van der Waals surface area contributed by atoms with Gasteiger partial charge >= 0.3 is 0 Å². The Morgan fingerprint density at radius 1 is 1.59 bits per heavy atom. The Balaban J connectivity index is 3.34. The highest BCUT2D eigenvalue weighted by Crippen LogP contribution is 2.27. The van der Waals surface area contributed by atoms with Gasteiger partial charge in [-0.1, -0.05) is 6.08 Å². The molecule has 1 aromatic rings. The van der Waals surface area contributed by atoms with E-state index in [-0.39, 0.29) is 12.2 Å². The molecule has 1 aromatic carbocycles. The monoisotopic (exact) mass is 322 g/mol. The lowest BCUT2D eigenvalue weighted by atomic mass is 10.3. The number of benzene rings is 1. The van der Waals surface area contributed by atoms with Gasteiger partial charge in [0.2, 0.25) is 10.0 Å². The number of nitrogen functional groups attached to an aromatic ring is 1. The molecule has 0 atom stereocenters. The molecule has 2 N–H and O–H groups in total. The number of rotatable bonds is 4. The van der Waals surface area contributed by atoms with Gasteiger partial charge in [-0.3, -0.25) is 0 Å². The van der Waals surface area contributed by atoms with Gasteiger partial charge in [-0.2, -0.15) is 4.31 Å². The maximum atomic E-state index is 13.6. The fourth-order valence-corrected chi connectivity index (χ4v) is 2.72. The molecule has 0 saturated carbocycles. The molecule has 0 aliphatic rings. The van der Waals surface area contributed by atoms with Crippen LogP contribution in [0.2, 0.25) is 0 Å². The van der Waals surface area contributed by atoms with Crippen molar-refractivity contribution in [2.24, 2.45) is 0 Å². The van der Waals surface area contributed by atoms with Crippen molar-refractivity contribution >= 4 is 31.6 Å². The Labute approximate surface area is 108 Å². The number of hydrogen-bond acceptors (Lipinski definition) is 3. The number of nitrogens with two attached hydrogens (primary N) is 1. The number of sulfonamides is 1. The van der Waals surface area contributed by atoms with E-state index < -0.39 is 20.7 Å². The van der Waals surface area contributed by atoms with Gasteiger partial charge in [0, 0.05) is 23.8 Å². The molecule has 0 fully saturated rings. The van der Waals surface area contributed by atoms with Crippen molar-refractivity contribution in [2.45, 2.75) is 4.90 Å². The van der Waals surface area contributed by atoms with E-state index in [1.807, 2.05) is 0 Å². The fourth-order valence-electron chi connectivity index (χ4n) is 1.19. The molecule has 0 unspecified atom stereocenters. The lowest BCUT2D eigenvalue weighted by molar-refractivity contribution is 0.489. The summed E-state index contributed by atoms with van der Waals surface area (Å²) in [5.74, 6) is -0.845. The third-order valence-corrected chi connectivity index (χ3v) is 4.65. The normalized spacial score (nSPS) is 11.8. The van der Waals surface area contributed by atoms with Crippen molar-refractivity contribution in [3.05, 3.63) is 35.1 Å². The smallest absolute Gasteiger partial charge is 0.246 e. The zero-order valence-electron chi connectivity index (χ0n) is 9.15. The summed E-state index contributed by atoms with van der Waals surface area (Å²) in [6.45, 7) is 3.52. The quantitative estimate of drug-likeness (QED) is 0.681. The summed E-state index contributed by atoms with van der Waals surface area (Å²) in [7, 11) is -2.54. The van der Waals surface area contributed by atoms with E-state index >= 15 is 0 Å². The van der Waals surface area contributed by atoms with Crippen LogP contribution in [-0.2, 0) is 10.0 Å². The average Bonchev–Trinajstić information content (AvgIpc) is 2.23. The van der Waals surface area contributed by atoms with Crippen molar-refractivity contribution < 1.29 is 12.8 Å². The Morgan fingerprint density at radius 2 is 2.18 bits per heavy atom. The number of halogens is 2. The van der Waals surface area contributed by atoms with Crippen LogP contribution in [0.15, 0.2) is 34.2 Å². The topological polar surface area (TPSA) is 63.4 Å². The molecule has 0 radical (unpaired) electrons. The predicted octanol–water partition coefficient (Wildman–Crippen LogP) is 1.98. The first-order valence-electron chi connectivity index (χ1n) is 4.62. The molecular formula is C10H12BrFN2O2S. The third kappa shape index (κ3) is 2.85. The summed E-state index contributed by atoms with van der Waals surface area (Å²) in [6.07, 6.45) is 1.41. The fraction of sp³-hybridized carbons (Fsp3) is 0.200. The molecule has 0 aromatic heterocycles. The average molecular weight is 323 g/mol. The minimum absolute atomic E-state index is 0.0950. The van der Waals surface area contributed by atoms with Crippen LogP contribution in [0.25, 0.3) is 0 Å². The van der Waals surface area contributed by atoms with Crippen LogP contribution in [0.1, 0.15) is 0 Å². The first-order valence-corrected chi connectivity index (χ1v) is 6.85. The molecule has 7 heteroatoms. The van der Waals surface area contributed by atoms with E-state index in [0.29, 0.717) is 4.47 Å². The second-order valence-corrected chi connectivity index (χ2v) is 6.25. The summed E-state index contributed by atoms with van der Waals surface area (Å²) in [5, 5.41) is 0. The highest BCUT2D eigenvalue weighted by Gasteiger charge is 2.24. The van der Waals surface area contributed by atoms with Gasteiger partial charge < -0.3 is 5.73 Å². The van der Waals surface area contributed by atoms with Gasteiger partial charge in [0.1, 0.15) is 10.7 Å². The van der Waals surface area contributed by atoms with E-state index in [4.69, 9.17) is 5.73 Å². The Hall–Kier alpha value is -0.920. The summed E-state index contributed by atoms with van der Waals surface area (Å²) in [6, 6.07) is 2.12. The van der Waals surface area contributed by atoms with E-state index in [1.54, 1.807) is 0 Å². The molecule has 94 valence electrons. The second-order valence-electron chi connectivity index (χ2n) is 3.38. The standard InChI is InChI=1S/C10H12BrFN2O2S/c1-3-4-14(2)17(15,16)10-6-9(13)7(11)5-8(10)12/h3,5-6H,1,4,13H2,2H3. The summed E-state index contributed by atoms with van der Waals surface area (Å²) in [5.41, 5.74) is 5.71. The predicted molar refractivity (Wildman–Crippen MR) is 68.5 cm³/mol. The molecule has 17 heavy (non-hydrogen) atoms. The minimum Gasteiger partial charge on any atom is -0.398 e. The number of likely N-dealkylation sites (N-methyl/N-ethyl adjacent to an activating group) is 1. The molecular weight excluding hydrogens is 311 g/mol. The highest BCUT2D eigenvalue weighted by molar-refractivity contribution is 9.10. The van der Waals surface area contributed by atoms with Crippen molar-refractivity contribution in [3.8, 4) is 0 Å².